The number of rotatable bonds is 6. The second-order valence-corrected chi connectivity index (χ2v) is 10.4. The van der Waals surface area contributed by atoms with E-state index in [-0.39, 0.29) is 22.9 Å². The van der Waals surface area contributed by atoms with Crippen LogP contribution in [0.1, 0.15) is 57.4 Å². The predicted octanol–water partition coefficient (Wildman–Crippen LogP) is 6.41. The van der Waals surface area contributed by atoms with Crippen LogP contribution in [0.15, 0.2) is 78.4 Å². The average molecular weight is 500 g/mol. The summed E-state index contributed by atoms with van der Waals surface area (Å²) in [4.78, 5) is 28.3. The fraction of sp³-hybridized carbons (Fsp3) is 0.290. The molecule has 3 aromatic rings. The van der Waals surface area contributed by atoms with Gasteiger partial charge in [0, 0.05) is 17.3 Å². The van der Waals surface area contributed by atoms with Crippen molar-refractivity contribution in [2.24, 2.45) is 0 Å². The first-order valence-corrected chi connectivity index (χ1v) is 12.3. The van der Waals surface area contributed by atoms with Crippen LogP contribution < -0.4 is 14.4 Å². The summed E-state index contributed by atoms with van der Waals surface area (Å²) in [5.41, 5.74) is 2.70. The first-order chi connectivity index (χ1) is 17.5. The monoisotopic (exact) mass is 499 g/mol. The number of Topliss-reactive ketones (excluding diaryl/α,β-unsaturated/α-hetero) is 1. The van der Waals surface area contributed by atoms with Gasteiger partial charge in [0.05, 0.1) is 24.8 Å². The van der Waals surface area contributed by atoms with Gasteiger partial charge in [0.15, 0.2) is 0 Å². The molecule has 0 bridgehead atoms. The number of hydrogen-bond acceptors (Lipinski definition) is 5. The van der Waals surface area contributed by atoms with Crippen molar-refractivity contribution in [3.8, 4) is 11.5 Å². The van der Waals surface area contributed by atoms with Crippen LogP contribution in [0.25, 0.3) is 5.76 Å². The molecule has 0 radical (unpaired) electrons. The van der Waals surface area contributed by atoms with Gasteiger partial charge in [-0.3, -0.25) is 14.5 Å². The van der Waals surface area contributed by atoms with E-state index in [2.05, 4.69) is 20.8 Å². The van der Waals surface area contributed by atoms with Gasteiger partial charge in [-0.05, 0) is 54.7 Å². The van der Waals surface area contributed by atoms with Gasteiger partial charge in [0.25, 0.3) is 11.7 Å². The fourth-order valence-corrected chi connectivity index (χ4v) is 4.48. The van der Waals surface area contributed by atoms with Gasteiger partial charge in [-0.2, -0.15) is 0 Å². The highest BCUT2D eigenvalue weighted by Gasteiger charge is 2.47. The minimum atomic E-state index is -0.823. The Kier molecular flexibility index (Phi) is 7.12. The van der Waals surface area contributed by atoms with Gasteiger partial charge in [-0.1, -0.05) is 63.2 Å². The second kappa shape index (κ2) is 10.1. The third-order valence-corrected chi connectivity index (χ3v) is 6.35. The predicted molar refractivity (Wildman–Crippen MR) is 145 cm³/mol. The Morgan fingerprint density at radius 1 is 0.919 bits per heavy atom. The van der Waals surface area contributed by atoms with Gasteiger partial charge in [0.2, 0.25) is 0 Å². The van der Waals surface area contributed by atoms with Crippen LogP contribution >= 0.6 is 0 Å². The van der Waals surface area contributed by atoms with E-state index in [0.717, 1.165) is 5.56 Å². The number of ketones is 1. The van der Waals surface area contributed by atoms with E-state index in [1.165, 1.54) is 4.90 Å². The molecular weight excluding hydrogens is 466 g/mol. The molecule has 1 unspecified atom stereocenters. The van der Waals surface area contributed by atoms with E-state index in [1.807, 2.05) is 38.1 Å². The Labute approximate surface area is 218 Å². The van der Waals surface area contributed by atoms with E-state index in [1.54, 1.807) is 55.6 Å². The molecule has 6 heteroatoms. The van der Waals surface area contributed by atoms with Crippen LogP contribution in [0.4, 0.5) is 5.69 Å². The van der Waals surface area contributed by atoms with Crippen LogP contribution in [-0.2, 0) is 15.0 Å². The van der Waals surface area contributed by atoms with Crippen LogP contribution in [0.2, 0.25) is 0 Å². The van der Waals surface area contributed by atoms with Crippen molar-refractivity contribution in [1.82, 2.24) is 0 Å². The standard InChI is InChI=1S/C31H33NO5/c1-19(2)37-25-12-7-9-21(17-25)28(33)26-27(20-13-15-22(16-14-20)31(3,4)5)32(30(35)29(26)34)23-10-8-11-24(18-23)36-6/h7-19,27,33H,1-6H3/b28-26+. The normalized spacial score (nSPS) is 17.4. The van der Waals surface area contributed by atoms with Crippen LogP contribution in [0.3, 0.4) is 0 Å². The van der Waals surface area contributed by atoms with Crippen molar-refractivity contribution in [3.05, 3.63) is 95.1 Å². The van der Waals surface area contributed by atoms with E-state index in [9.17, 15) is 14.7 Å². The van der Waals surface area contributed by atoms with E-state index >= 15 is 0 Å². The Bertz CT molecular complexity index is 1350. The van der Waals surface area contributed by atoms with Crippen molar-refractivity contribution in [1.29, 1.82) is 0 Å². The average Bonchev–Trinajstić information content (AvgIpc) is 3.13. The summed E-state index contributed by atoms with van der Waals surface area (Å²) in [6.07, 6.45) is -0.0580. The number of ether oxygens (including phenoxy) is 2. The number of amides is 1. The van der Waals surface area contributed by atoms with Crippen molar-refractivity contribution < 1.29 is 24.2 Å². The quantitative estimate of drug-likeness (QED) is 0.241. The molecule has 1 heterocycles. The Hall–Kier alpha value is -4.06. The number of aliphatic hydroxyl groups excluding tert-OH is 1. The molecule has 1 aliphatic rings. The maximum Gasteiger partial charge on any atom is 0.300 e. The molecule has 0 spiro atoms. The van der Waals surface area contributed by atoms with Gasteiger partial charge >= 0.3 is 0 Å². The fourth-order valence-electron chi connectivity index (χ4n) is 4.48. The van der Waals surface area contributed by atoms with E-state index < -0.39 is 17.7 Å². The lowest BCUT2D eigenvalue weighted by Crippen LogP contribution is -2.29. The zero-order valence-electron chi connectivity index (χ0n) is 22.1. The molecule has 0 aliphatic carbocycles. The van der Waals surface area contributed by atoms with E-state index in [0.29, 0.717) is 28.3 Å². The molecule has 37 heavy (non-hydrogen) atoms. The lowest BCUT2D eigenvalue weighted by atomic mass is 9.85. The number of aliphatic hydroxyl groups is 1. The Morgan fingerprint density at radius 2 is 1.57 bits per heavy atom. The molecular formula is C31H33NO5. The summed E-state index contributed by atoms with van der Waals surface area (Å²) >= 11 is 0. The highest BCUT2D eigenvalue weighted by molar-refractivity contribution is 6.51. The summed E-state index contributed by atoms with van der Waals surface area (Å²) in [6.45, 7) is 10.2. The highest BCUT2D eigenvalue weighted by atomic mass is 16.5. The van der Waals surface area contributed by atoms with Crippen molar-refractivity contribution in [2.45, 2.75) is 52.2 Å². The maximum absolute atomic E-state index is 13.5. The molecule has 1 atom stereocenters. The zero-order valence-corrected chi connectivity index (χ0v) is 22.1. The van der Waals surface area contributed by atoms with Gasteiger partial charge < -0.3 is 14.6 Å². The number of anilines is 1. The second-order valence-electron chi connectivity index (χ2n) is 10.4. The summed E-state index contributed by atoms with van der Waals surface area (Å²) in [6, 6.07) is 20.9. The molecule has 4 rings (SSSR count). The molecule has 1 fully saturated rings. The Morgan fingerprint density at radius 3 is 2.19 bits per heavy atom. The van der Waals surface area contributed by atoms with Crippen LogP contribution in [-0.4, -0.2) is 30.0 Å². The lowest BCUT2D eigenvalue weighted by molar-refractivity contribution is -0.132. The van der Waals surface area contributed by atoms with E-state index in [4.69, 9.17) is 9.47 Å². The summed E-state index contributed by atoms with van der Waals surface area (Å²) < 4.78 is 11.1. The molecule has 1 aliphatic heterocycles. The molecule has 0 aromatic heterocycles. The van der Waals surface area contributed by atoms with Gasteiger partial charge in [-0.25, -0.2) is 0 Å². The number of nitrogens with zero attached hydrogens (tertiary/aromatic N) is 1. The van der Waals surface area contributed by atoms with Crippen molar-refractivity contribution in [3.63, 3.8) is 0 Å². The largest absolute Gasteiger partial charge is 0.507 e. The molecule has 1 amide bonds. The highest BCUT2D eigenvalue weighted by Crippen LogP contribution is 2.43. The first-order valence-electron chi connectivity index (χ1n) is 12.3. The number of carbonyl (C=O) groups excluding carboxylic acids is 2. The molecule has 1 N–H and O–H groups in total. The van der Waals surface area contributed by atoms with Gasteiger partial charge in [0.1, 0.15) is 17.3 Å². The zero-order chi connectivity index (χ0) is 26.9. The van der Waals surface area contributed by atoms with Crippen molar-refractivity contribution >= 4 is 23.1 Å². The van der Waals surface area contributed by atoms with Gasteiger partial charge in [-0.15, -0.1) is 0 Å². The first kappa shape index (κ1) is 26.0. The summed E-state index contributed by atoms with van der Waals surface area (Å²) in [5, 5.41) is 11.4. The van der Waals surface area contributed by atoms with Crippen LogP contribution in [0.5, 0.6) is 11.5 Å². The minimum Gasteiger partial charge on any atom is -0.507 e. The summed E-state index contributed by atoms with van der Waals surface area (Å²) in [7, 11) is 1.54. The SMILES string of the molecule is COc1cccc(N2C(=O)C(=O)/C(=C(/O)c3cccc(OC(C)C)c3)C2c2ccc(C(C)(C)C)cc2)c1. The van der Waals surface area contributed by atoms with Crippen molar-refractivity contribution in [2.75, 3.05) is 12.0 Å². The topological polar surface area (TPSA) is 76.1 Å². The summed E-state index contributed by atoms with van der Waals surface area (Å²) in [5.74, 6) is -0.593. The Balaban J connectivity index is 1.91. The number of carbonyl (C=O) groups is 2. The number of benzene rings is 3. The molecule has 192 valence electrons. The third-order valence-electron chi connectivity index (χ3n) is 6.35. The molecule has 1 saturated heterocycles. The molecule has 6 nitrogen and oxygen atoms in total. The molecule has 0 saturated carbocycles. The maximum atomic E-state index is 13.5. The van der Waals surface area contributed by atoms with Crippen LogP contribution in [0, 0.1) is 0 Å². The number of hydrogen-bond donors (Lipinski definition) is 1. The molecule has 3 aromatic carbocycles. The number of methoxy groups -OCH3 is 1. The smallest absolute Gasteiger partial charge is 0.300 e. The third kappa shape index (κ3) is 5.24. The lowest BCUT2D eigenvalue weighted by Gasteiger charge is -2.27. The minimum absolute atomic E-state index is 0.0259.